The van der Waals surface area contributed by atoms with Gasteiger partial charge in [0.05, 0.1) is 4.92 Å². The molecule has 120 valence electrons. The van der Waals surface area contributed by atoms with Crippen LogP contribution >= 0.6 is 0 Å². The standard InChI is InChI=1S/C17H13N3O4/c1-11(16-10-12-5-2-3-8-15(12)24-16)18-19-17(21)13-6-4-7-14(9-13)20(22)23/h2-10H,1H3,(H,19,21)/b18-11-. The van der Waals surface area contributed by atoms with Crippen molar-refractivity contribution in [1.29, 1.82) is 0 Å². The van der Waals surface area contributed by atoms with Crippen LogP contribution in [0, 0.1) is 10.1 Å². The highest BCUT2D eigenvalue weighted by molar-refractivity contribution is 6.01. The molecule has 0 saturated carbocycles. The number of amides is 1. The number of hydrazone groups is 1. The van der Waals surface area contributed by atoms with Crippen LogP contribution in [0.25, 0.3) is 11.0 Å². The van der Waals surface area contributed by atoms with E-state index in [9.17, 15) is 14.9 Å². The van der Waals surface area contributed by atoms with Crippen LogP contribution < -0.4 is 5.43 Å². The number of benzene rings is 2. The van der Waals surface area contributed by atoms with Crippen LogP contribution in [0.1, 0.15) is 23.0 Å². The van der Waals surface area contributed by atoms with Gasteiger partial charge in [-0.3, -0.25) is 14.9 Å². The van der Waals surface area contributed by atoms with Crippen molar-refractivity contribution >= 4 is 28.3 Å². The van der Waals surface area contributed by atoms with Crippen molar-refractivity contribution in [2.24, 2.45) is 5.10 Å². The molecule has 1 N–H and O–H groups in total. The third kappa shape index (κ3) is 3.14. The van der Waals surface area contributed by atoms with Gasteiger partial charge >= 0.3 is 0 Å². The van der Waals surface area contributed by atoms with E-state index in [-0.39, 0.29) is 11.3 Å². The van der Waals surface area contributed by atoms with Crippen LogP contribution in [0.15, 0.2) is 64.1 Å². The molecule has 1 heterocycles. The van der Waals surface area contributed by atoms with Gasteiger partial charge in [0.1, 0.15) is 11.3 Å². The lowest BCUT2D eigenvalue weighted by Crippen LogP contribution is -2.19. The number of nitrogens with one attached hydrogen (secondary N) is 1. The normalized spacial score (nSPS) is 11.5. The first kappa shape index (κ1) is 15.4. The van der Waals surface area contributed by atoms with E-state index in [1.807, 2.05) is 30.3 Å². The summed E-state index contributed by atoms with van der Waals surface area (Å²) in [4.78, 5) is 22.2. The molecule has 0 saturated heterocycles. The van der Waals surface area contributed by atoms with Gasteiger partial charge < -0.3 is 4.42 Å². The number of hydrogen-bond donors (Lipinski definition) is 1. The number of carbonyl (C=O) groups excluding carboxylic acids is 1. The largest absolute Gasteiger partial charge is 0.455 e. The number of rotatable bonds is 4. The topological polar surface area (TPSA) is 97.7 Å². The van der Waals surface area contributed by atoms with Crippen LogP contribution in [-0.2, 0) is 0 Å². The van der Waals surface area contributed by atoms with Crippen molar-refractivity contribution in [2.45, 2.75) is 6.92 Å². The van der Waals surface area contributed by atoms with Gasteiger partial charge in [-0.15, -0.1) is 0 Å². The molecule has 0 aliphatic carbocycles. The fourth-order valence-corrected chi connectivity index (χ4v) is 2.18. The fraction of sp³-hybridized carbons (Fsp3) is 0.0588. The van der Waals surface area contributed by atoms with E-state index in [2.05, 4.69) is 10.5 Å². The van der Waals surface area contributed by atoms with Gasteiger partial charge in [-0.2, -0.15) is 5.10 Å². The Hall–Kier alpha value is -3.48. The summed E-state index contributed by atoms with van der Waals surface area (Å²) in [6, 6.07) is 14.8. The van der Waals surface area contributed by atoms with Gasteiger partial charge in [-0.1, -0.05) is 24.3 Å². The van der Waals surface area contributed by atoms with Gasteiger partial charge in [0, 0.05) is 23.1 Å². The number of hydrogen-bond acceptors (Lipinski definition) is 5. The minimum Gasteiger partial charge on any atom is -0.455 e. The van der Waals surface area contributed by atoms with Crippen LogP contribution in [0.5, 0.6) is 0 Å². The molecule has 0 aliphatic heterocycles. The summed E-state index contributed by atoms with van der Waals surface area (Å²) in [6.45, 7) is 1.70. The van der Waals surface area contributed by atoms with E-state index in [0.29, 0.717) is 11.5 Å². The first-order valence-electron chi connectivity index (χ1n) is 7.12. The third-order valence-corrected chi connectivity index (χ3v) is 3.43. The number of nitro benzene ring substituents is 1. The highest BCUT2D eigenvalue weighted by atomic mass is 16.6. The van der Waals surface area contributed by atoms with E-state index < -0.39 is 10.8 Å². The molecular weight excluding hydrogens is 310 g/mol. The molecule has 1 amide bonds. The Kier molecular flexibility index (Phi) is 4.07. The summed E-state index contributed by atoms with van der Waals surface area (Å²) in [5.74, 6) is 0.00435. The molecule has 3 aromatic rings. The van der Waals surface area contributed by atoms with Crippen LogP contribution in [0.2, 0.25) is 0 Å². The monoisotopic (exact) mass is 323 g/mol. The predicted molar refractivity (Wildman–Crippen MR) is 89.0 cm³/mol. The van der Waals surface area contributed by atoms with E-state index in [4.69, 9.17) is 4.42 Å². The number of furan rings is 1. The number of fused-ring (bicyclic) bond motifs is 1. The molecule has 0 unspecified atom stereocenters. The zero-order chi connectivity index (χ0) is 17.1. The Morgan fingerprint density at radius 1 is 1.17 bits per heavy atom. The van der Waals surface area contributed by atoms with E-state index in [0.717, 1.165) is 11.0 Å². The summed E-state index contributed by atoms with van der Waals surface area (Å²) in [6.07, 6.45) is 0. The molecule has 7 heteroatoms. The lowest BCUT2D eigenvalue weighted by atomic mass is 10.2. The minimum absolute atomic E-state index is 0.152. The lowest BCUT2D eigenvalue weighted by molar-refractivity contribution is -0.384. The number of para-hydroxylation sites is 1. The maximum absolute atomic E-state index is 12.1. The zero-order valence-electron chi connectivity index (χ0n) is 12.7. The molecule has 1 aromatic heterocycles. The SMILES string of the molecule is C/C(=N/NC(=O)c1cccc([N+](=O)[O-])c1)c1cc2ccccc2o1. The molecule has 0 aliphatic rings. The second-order valence-electron chi connectivity index (χ2n) is 5.09. The second kappa shape index (κ2) is 6.33. The van der Waals surface area contributed by atoms with Crippen molar-refractivity contribution in [1.82, 2.24) is 5.43 Å². The van der Waals surface area contributed by atoms with Crippen LogP contribution in [0.4, 0.5) is 5.69 Å². The highest BCUT2D eigenvalue weighted by Gasteiger charge is 2.12. The van der Waals surface area contributed by atoms with Crippen molar-refractivity contribution in [2.75, 3.05) is 0 Å². The maximum atomic E-state index is 12.1. The molecular formula is C17H13N3O4. The highest BCUT2D eigenvalue weighted by Crippen LogP contribution is 2.19. The first-order chi connectivity index (χ1) is 11.5. The number of nitro groups is 1. The molecule has 2 aromatic carbocycles. The van der Waals surface area contributed by atoms with Crippen molar-refractivity contribution in [3.63, 3.8) is 0 Å². The first-order valence-corrected chi connectivity index (χ1v) is 7.12. The predicted octanol–water partition coefficient (Wildman–Crippen LogP) is 3.50. The summed E-state index contributed by atoms with van der Waals surface area (Å²) in [5.41, 5.74) is 3.60. The average molecular weight is 323 g/mol. The minimum atomic E-state index is -0.556. The van der Waals surface area contributed by atoms with Gasteiger partial charge in [0.15, 0.2) is 5.76 Å². The molecule has 0 atom stereocenters. The summed E-state index contributed by atoms with van der Waals surface area (Å²) >= 11 is 0. The van der Waals surface area contributed by atoms with E-state index in [1.165, 1.54) is 24.3 Å². The third-order valence-electron chi connectivity index (χ3n) is 3.43. The summed E-state index contributed by atoms with van der Waals surface area (Å²) in [5, 5.41) is 15.7. The van der Waals surface area contributed by atoms with Crippen LogP contribution in [0.3, 0.4) is 0 Å². The Morgan fingerprint density at radius 3 is 2.71 bits per heavy atom. The van der Waals surface area contributed by atoms with Gasteiger partial charge in [-0.25, -0.2) is 5.43 Å². The molecule has 0 bridgehead atoms. The zero-order valence-corrected chi connectivity index (χ0v) is 12.7. The number of carbonyl (C=O) groups is 1. The van der Waals surface area contributed by atoms with Crippen molar-refractivity contribution < 1.29 is 14.1 Å². The quantitative estimate of drug-likeness (QED) is 0.451. The van der Waals surface area contributed by atoms with Crippen molar-refractivity contribution in [3.05, 3.63) is 76.0 Å². The number of non-ortho nitro benzene ring substituents is 1. The Bertz CT molecular complexity index is 926. The Balaban J connectivity index is 1.78. The summed E-state index contributed by atoms with van der Waals surface area (Å²) in [7, 11) is 0. The van der Waals surface area contributed by atoms with Crippen LogP contribution in [-0.4, -0.2) is 16.5 Å². The van der Waals surface area contributed by atoms with Gasteiger partial charge in [0.25, 0.3) is 11.6 Å². The van der Waals surface area contributed by atoms with Crippen molar-refractivity contribution in [3.8, 4) is 0 Å². The Morgan fingerprint density at radius 2 is 1.96 bits per heavy atom. The lowest BCUT2D eigenvalue weighted by Gasteiger charge is -2.01. The van der Waals surface area contributed by atoms with E-state index in [1.54, 1.807) is 6.92 Å². The maximum Gasteiger partial charge on any atom is 0.271 e. The number of nitrogens with zero attached hydrogens (tertiary/aromatic N) is 2. The molecule has 0 fully saturated rings. The Labute approximate surface area is 136 Å². The smallest absolute Gasteiger partial charge is 0.271 e. The second-order valence-corrected chi connectivity index (χ2v) is 5.09. The molecule has 24 heavy (non-hydrogen) atoms. The summed E-state index contributed by atoms with van der Waals surface area (Å²) < 4.78 is 5.65. The molecule has 3 rings (SSSR count). The van der Waals surface area contributed by atoms with Gasteiger partial charge in [-0.05, 0) is 25.1 Å². The average Bonchev–Trinajstić information content (AvgIpc) is 3.03. The van der Waals surface area contributed by atoms with Gasteiger partial charge in [0.2, 0.25) is 0 Å². The fourth-order valence-electron chi connectivity index (χ4n) is 2.18. The molecule has 7 nitrogen and oxygen atoms in total. The van der Waals surface area contributed by atoms with E-state index >= 15 is 0 Å². The molecule has 0 radical (unpaired) electrons. The molecule has 0 spiro atoms.